The molecule has 0 bridgehead atoms. The molecule has 1 unspecified atom stereocenters. The Hall–Kier alpha value is -2.57. The summed E-state index contributed by atoms with van der Waals surface area (Å²) in [5, 5.41) is 5.19. The minimum Gasteiger partial charge on any atom is -0.333 e. The molecule has 5 nitrogen and oxygen atoms in total. The monoisotopic (exact) mass is 337 g/mol. The van der Waals surface area contributed by atoms with Gasteiger partial charge in [0.2, 0.25) is 5.82 Å². The topological polar surface area (TPSA) is 56.2 Å². The number of quaternary nitrogens is 1. The maximum absolute atomic E-state index is 5.39. The molecule has 24 heavy (non-hydrogen) atoms. The number of nitrogens with one attached hydrogen (secondary N) is 1. The molecule has 0 aliphatic heterocycles. The van der Waals surface area contributed by atoms with Gasteiger partial charge in [-0.3, -0.25) is 0 Å². The van der Waals surface area contributed by atoms with Gasteiger partial charge in [0.25, 0.3) is 5.89 Å². The van der Waals surface area contributed by atoms with Crippen molar-refractivity contribution in [2.45, 2.75) is 13.1 Å². The quantitative estimate of drug-likeness (QED) is 0.608. The van der Waals surface area contributed by atoms with E-state index in [9.17, 15) is 0 Å². The van der Waals surface area contributed by atoms with Crippen LogP contribution >= 0.6 is 11.3 Å². The van der Waals surface area contributed by atoms with Gasteiger partial charge >= 0.3 is 0 Å². The van der Waals surface area contributed by atoms with Crippen LogP contribution < -0.4 is 4.90 Å². The maximum Gasteiger partial charge on any atom is 0.282 e. The molecule has 0 aliphatic rings. The highest BCUT2D eigenvalue weighted by Gasteiger charge is 2.15. The molecule has 1 N–H and O–H groups in total. The zero-order valence-electron chi connectivity index (χ0n) is 13.3. The zero-order valence-corrected chi connectivity index (χ0v) is 14.1. The van der Waals surface area contributed by atoms with Gasteiger partial charge in [-0.1, -0.05) is 47.6 Å². The first-order valence-corrected chi connectivity index (χ1v) is 8.63. The highest BCUT2D eigenvalue weighted by atomic mass is 32.1. The van der Waals surface area contributed by atoms with E-state index in [1.165, 1.54) is 9.60 Å². The molecular formula is C18H17N4OS+. The van der Waals surface area contributed by atoms with Crippen molar-refractivity contribution in [2.75, 3.05) is 7.05 Å². The van der Waals surface area contributed by atoms with Crippen molar-refractivity contribution in [1.29, 1.82) is 0 Å². The predicted octanol–water partition coefficient (Wildman–Crippen LogP) is 2.56. The van der Waals surface area contributed by atoms with E-state index in [-0.39, 0.29) is 0 Å². The van der Waals surface area contributed by atoms with Crippen LogP contribution in [0.15, 0.2) is 59.1 Å². The smallest absolute Gasteiger partial charge is 0.282 e. The van der Waals surface area contributed by atoms with E-state index in [4.69, 9.17) is 4.52 Å². The Morgan fingerprint density at radius 1 is 0.958 bits per heavy atom. The number of para-hydroxylation sites is 1. The Balaban J connectivity index is 1.44. The van der Waals surface area contributed by atoms with Gasteiger partial charge in [-0.15, -0.1) is 11.3 Å². The number of rotatable bonds is 5. The molecular weight excluding hydrogens is 320 g/mol. The molecule has 0 saturated heterocycles. The van der Waals surface area contributed by atoms with Crippen LogP contribution in [-0.4, -0.2) is 22.2 Å². The van der Waals surface area contributed by atoms with Crippen molar-refractivity contribution in [3.05, 3.63) is 65.5 Å². The van der Waals surface area contributed by atoms with E-state index in [1.807, 2.05) is 42.5 Å². The van der Waals surface area contributed by atoms with Crippen molar-refractivity contribution < 1.29 is 9.42 Å². The lowest BCUT2D eigenvalue weighted by Gasteiger charge is -2.08. The van der Waals surface area contributed by atoms with Crippen LogP contribution in [0.1, 0.15) is 10.9 Å². The molecule has 4 rings (SSSR count). The number of thiazole rings is 1. The summed E-state index contributed by atoms with van der Waals surface area (Å²) >= 11 is 1.74. The van der Waals surface area contributed by atoms with Crippen molar-refractivity contribution >= 4 is 21.6 Å². The normalized spacial score (nSPS) is 12.5. The van der Waals surface area contributed by atoms with Crippen molar-refractivity contribution in [1.82, 2.24) is 15.1 Å². The van der Waals surface area contributed by atoms with Crippen LogP contribution in [0, 0.1) is 0 Å². The molecule has 120 valence electrons. The van der Waals surface area contributed by atoms with Gasteiger partial charge in [0.1, 0.15) is 11.6 Å². The Morgan fingerprint density at radius 3 is 2.58 bits per heavy atom. The lowest BCUT2D eigenvalue weighted by atomic mass is 10.2. The van der Waals surface area contributed by atoms with Gasteiger partial charge in [-0.25, -0.2) is 4.98 Å². The molecule has 2 heterocycles. The highest BCUT2D eigenvalue weighted by Crippen LogP contribution is 2.20. The van der Waals surface area contributed by atoms with Gasteiger partial charge < -0.3 is 9.42 Å². The summed E-state index contributed by atoms with van der Waals surface area (Å²) in [4.78, 5) is 10.4. The minimum absolute atomic E-state index is 0.637. The molecule has 0 spiro atoms. The first-order chi connectivity index (χ1) is 11.8. The number of hydrogen-bond donors (Lipinski definition) is 1. The van der Waals surface area contributed by atoms with Gasteiger partial charge in [0, 0.05) is 5.56 Å². The van der Waals surface area contributed by atoms with E-state index in [0.29, 0.717) is 18.3 Å². The van der Waals surface area contributed by atoms with E-state index in [2.05, 4.69) is 34.3 Å². The second-order valence-corrected chi connectivity index (χ2v) is 6.88. The van der Waals surface area contributed by atoms with Crippen molar-refractivity contribution in [2.24, 2.45) is 0 Å². The zero-order chi connectivity index (χ0) is 16.4. The number of aromatic nitrogens is 3. The van der Waals surface area contributed by atoms with Crippen LogP contribution in [0.5, 0.6) is 0 Å². The maximum atomic E-state index is 5.39. The summed E-state index contributed by atoms with van der Waals surface area (Å²) < 4.78 is 6.61. The lowest BCUT2D eigenvalue weighted by molar-refractivity contribution is -0.909. The van der Waals surface area contributed by atoms with Gasteiger partial charge in [0.05, 0.1) is 17.3 Å². The van der Waals surface area contributed by atoms with Gasteiger partial charge in [0.15, 0.2) is 6.54 Å². The number of hydrogen-bond acceptors (Lipinski definition) is 5. The number of benzene rings is 2. The Kier molecular flexibility index (Phi) is 4.06. The van der Waals surface area contributed by atoms with Crippen LogP contribution in [-0.2, 0) is 13.1 Å². The molecule has 0 radical (unpaired) electrons. The van der Waals surface area contributed by atoms with Crippen LogP contribution in [0.25, 0.3) is 21.6 Å². The van der Waals surface area contributed by atoms with Gasteiger partial charge in [-0.05, 0) is 12.1 Å². The number of fused-ring (bicyclic) bond motifs is 1. The Morgan fingerprint density at radius 2 is 1.75 bits per heavy atom. The largest absolute Gasteiger partial charge is 0.333 e. The fraction of sp³-hybridized carbons (Fsp3) is 0.167. The summed E-state index contributed by atoms with van der Waals surface area (Å²) in [6, 6.07) is 18.1. The summed E-state index contributed by atoms with van der Waals surface area (Å²) in [7, 11) is 2.11. The third-order valence-corrected chi connectivity index (χ3v) is 4.78. The van der Waals surface area contributed by atoms with Crippen molar-refractivity contribution in [3.63, 3.8) is 0 Å². The van der Waals surface area contributed by atoms with Crippen LogP contribution in [0.2, 0.25) is 0 Å². The molecule has 4 aromatic rings. The molecule has 0 amide bonds. The first kappa shape index (κ1) is 15.0. The van der Waals surface area contributed by atoms with E-state index in [1.54, 1.807) is 11.3 Å². The summed E-state index contributed by atoms with van der Waals surface area (Å²) in [6.45, 7) is 1.51. The van der Waals surface area contributed by atoms with Crippen molar-refractivity contribution in [3.8, 4) is 11.4 Å². The minimum atomic E-state index is 0.637. The highest BCUT2D eigenvalue weighted by molar-refractivity contribution is 7.18. The summed E-state index contributed by atoms with van der Waals surface area (Å²) in [5.41, 5.74) is 2.03. The fourth-order valence-corrected chi connectivity index (χ4v) is 3.69. The first-order valence-electron chi connectivity index (χ1n) is 7.82. The molecule has 0 aliphatic carbocycles. The standard InChI is InChI=1S/C18H16N4OS/c1-22(12-17-19-14-9-5-6-10-15(14)24-17)11-16-20-18(21-23-16)13-7-3-2-4-8-13/h2-10H,11-12H2,1H3/p+1. The predicted molar refractivity (Wildman–Crippen MR) is 93.6 cm³/mol. The van der Waals surface area contributed by atoms with E-state index < -0.39 is 0 Å². The molecule has 0 saturated carbocycles. The average molecular weight is 337 g/mol. The van der Waals surface area contributed by atoms with Gasteiger partial charge in [-0.2, -0.15) is 4.98 Å². The average Bonchev–Trinajstić information content (AvgIpc) is 3.21. The lowest BCUT2D eigenvalue weighted by Crippen LogP contribution is -3.06. The molecule has 6 heteroatoms. The SMILES string of the molecule is C[NH+](Cc1nc(-c2ccccc2)no1)Cc1nc2ccccc2s1. The Labute approximate surface area is 143 Å². The van der Waals surface area contributed by atoms with E-state index >= 15 is 0 Å². The Bertz CT molecular complexity index is 915. The third kappa shape index (κ3) is 3.20. The second-order valence-electron chi connectivity index (χ2n) is 5.76. The summed E-state index contributed by atoms with van der Waals surface area (Å²) in [6.07, 6.45) is 0. The molecule has 1 atom stereocenters. The van der Waals surface area contributed by atoms with Crippen LogP contribution in [0.4, 0.5) is 0 Å². The third-order valence-electron chi connectivity index (χ3n) is 3.74. The second kappa shape index (κ2) is 6.51. The fourth-order valence-electron chi connectivity index (χ4n) is 2.61. The van der Waals surface area contributed by atoms with E-state index in [0.717, 1.165) is 22.6 Å². The molecule has 2 aromatic heterocycles. The summed E-state index contributed by atoms with van der Waals surface area (Å²) in [5.74, 6) is 1.28. The van der Waals surface area contributed by atoms with Crippen LogP contribution in [0.3, 0.4) is 0 Å². The molecule has 0 fully saturated rings. The molecule has 2 aromatic carbocycles. The number of nitrogens with zero attached hydrogens (tertiary/aromatic N) is 3.